The monoisotopic (exact) mass is 217 g/mol. The van der Waals surface area contributed by atoms with E-state index in [2.05, 4.69) is 48.7 Å². The second-order valence-electron chi connectivity index (χ2n) is 4.05. The first-order chi connectivity index (χ1) is 7.93. The zero-order chi connectivity index (χ0) is 11.5. The summed E-state index contributed by atoms with van der Waals surface area (Å²) in [6.45, 7) is 3.29. The number of hydrogen-bond donors (Lipinski definition) is 1. The number of anilines is 1. The van der Waals surface area contributed by atoms with E-state index in [1.807, 2.05) is 6.07 Å². The minimum Gasteiger partial charge on any atom is -0.385 e. The Morgan fingerprint density at radius 1 is 1.00 bits per heavy atom. The van der Waals surface area contributed by atoms with Crippen LogP contribution in [0.25, 0.3) is 0 Å². The van der Waals surface area contributed by atoms with Crippen molar-refractivity contribution in [3.63, 3.8) is 0 Å². The molecular formula is C15H23N. The number of hydrogen-bond acceptors (Lipinski definition) is 1. The van der Waals surface area contributed by atoms with Crippen molar-refractivity contribution in [1.29, 1.82) is 0 Å². The second kappa shape index (κ2) is 9.02. The summed E-state index contributed by atoms with van der Waals surface area (Å²) in [5.41, 5.74) is 1.23. The summed E-state index contributed by atoms with van der Waals surface area (Å²) in [5, 5.41) is 3.42. The van der Waals surface area contributed by atoms with Gasteiger partial charge in [0.05, 0.1) is 0 Å². The van der Waals surface area contributed by atoms with E-state index in [-0.39, 0.29) is 0 Å². The lowest BCUT2D eigenvalue weighted by Crippen LogP contribution is -2.00. The van der Waals surface area contributed by atoms with E-state index in [0.29, 0.717) is 0 Å². The van der Waals surface area contributed by atoms with Crippen LogP contribution < -0.4 is 5.32 Å². The molecule has 1 heteroatoms. The maximum absolute atomic E-state index is 3.42. The van der Waals surface area contributed by atoms with Gasteiger partial charge in [-0.2, -0.15) is 0 Å². The van der Waals surface area contributed by atoms with Gasteiger partial charge in [-0.05, 0) is 37.8 Å². The number of nitrogens with one attached hydrogen (secondary N) is 1. The van der Waals surface area contributed by atoms with Gasteiger partial charge in [0, 0.05) is 12.2 Å². The molecule has 0 unspecified atom stereocenters. The van der Waals surface area contributed by atoms with E-state index in [0.717, 1.165) is 6.54 Å². The summed E-state index contributed by atoms with van der Waals surface area (Å²) in [5.74, 6) is 0. The van der Waals surface area contributed by atoms with E-state index in [1.54, 1.807) is 0 Å². The Morgan fingerprint density at radius 2 is 1.75 bits per heavy atom. The van der Waals surface area contributed by atoms with E-state index in [9.17, 15) is 0 Å². The second-order valence-corrected chi connectivity index (χ2v) is 4.05. The van der Waals surface area contributed by atoms with Crippen molar-refractivity contribution in [3.05, 3.63) is 42.5 Å². The third-order valence-corrected chi connectivity index (χ3v) is 2.52. The fourth-order valence-corrected chi connectivity index (χ4v) is 1.58. The molecule has 0 spiro atoms. The maximum Gasteiger partial charge on any atom is 0.0340 e. The molecule has 1 N–H and O–H groups in total. The van der Waals surface area contributed by atoms with Crippen LogP contribution in [0.1, 0.15) is 39.0 Å². The van der Waals surface area contributed by atoms with Gasteiger partial charge in [0.2, 0.25) is 0 Å². The molecule has 1 rings (SSSR count). The van der Waals surface area contributed by atoms with Gasteiger partial charge < -0.3 is 5.32 Å². The van der Waals surface area contributed by atoms with Crippen molar-refractivity contribution in [1.82, 2.24) is 0 Å². The molecule has 0 amide bonds. The summed E-state index contributed by atoms with van der Waals surface area (Å²) >= 11 is 0. The zero-order valence-electron chi connectivity index (χ0n) is 10.3. The predicted octanol–water partition coefficient (Wildman–Crippen LogP) is 4.63. The van der Waals surface area contributed by atoms with Crippen molar-refractivity contribution in [2.75, 3.05) is 11.9 Å². The molecule has 0 bridgehead atoms. The highest BCUT2D eigenvalue weighted by Gasteiger charge is 1.89. The van der Waals surface area contributed by atoms with E-state index in [1.165, 1.54) is 37.8 Å². The Kier molecular flexibility index (Phi) is 7.23. The van der Waals surface area contributed by atoms with E-state index < -0.39 is 0 Å². The largest absolute Gasteiger partial charge is 0.385 e. The maximum atomic E-state index is 3.42. The topological polar surface area (TPSA) is 12.0 Å². The molecule has 16 heavy (non-hydrogen) atoms. The number of rotatable bonds is 8. The molecule has 1 aromatic rings. The Labute approximate surface area is 99.6 Å². The molecule has 0 aliphatic heterocycles. The van der Waals surface area contributed by atoms with Crippen LogP contribution in [0.5, 0.6) is 0 Å². The van der Waals surface area contributed by atoms with Crippen molar-refractivity contribution in [2.24, 2.45) is 0 Å². The van der Waals surface area contributed by atoms with E-state index >= 15 is 0 Å². The number of allylic oxidation sites excluding steroid dienone is 2. The summed E-state index contributed by atoms with van der Waals surface area (Å²) in [4.78, 5) is 0. The number of benzene rings is 1. The van der Waals surface area contributed by atoms with E-state index in [4.69, 9.17) is 0 Å². The first-order valence-electron chi connectivity index (χ1n) is 6.37. The summed E-state index contributed by atoms with van der Waals surface area (Å²) < 4.78 is 0. The third-order valence-electron chi connectivity index (χ3n) is 2.52. The molecular weight excluding hydrogens is 194 g/mol. The van der Waals surface area contributed by atoms with Gasteiger partial charge in [-0.1, -0.05) is 43.7 Å². The molecule has 1 aromatic carbocycles. The molecule has 88 valence electrons. The van der Waals surface area contributed by atoms with Crippen LogP contribution in [-0.2, 0) is 0 Å². The average Bonchev–Trinajstić information content (AvgIpc) is 2.34. The van der Waals surface area contributed by atoms with Gasteiger partial charge >= 0.3 is 0 Å². The van der Waals surface area contributed by atoms with Crippen LogP contribution in [0.4, 0.5) is 5.69 Å². The standard InChI is InChI=1S/C15H23N/c1-2-3-4-5-6-7-11-14-16-15-12-9-8-10-13-15/h4-5,8-10,12-13,16H,2-3,6-7,11,14H2,1H3. The lowest BCUT2D eigenvalue weighted by Gasteiger charge is -2.04. The van der Waals surface area contributed by atoms with Crippen molar-refractivity contribution in [2.45, 2.75) is 39.0 Å². The summed E-state index contributed by atoms with van der Waals surface area (Å²) in [7, 11) is 0. The molecule has 0 saturated carbocycles. The highest BCUT2D eigenvalue weighted by atomic mass is 14.9. The lowest BCUT2D eigenvalue weighted by atomic mass is 10.2. The van der Waals surface area contributed by atoms with Crippen LogP contribution in [0, 0.1) is 0 Å². The highest BCUT2D eigenvalue weighted by Crippen LogP contribution is 2.06. The highest BCUT2D eigenvalue weighted by molar-refractivity contribution is 5.42. The summed E-state index contributed by atoms with van der Waals surface area (Å²) in [6, 6.07) is 10.4. The third kappa shape index (κ3) is 6.28. The number of para-hydroxylation sites is 1. The fraction of sp³-hybridized carbons (Fsp3) is 0.467. The quantitative estimate of drug-likeness (QED) is 0.494. The first kappa shape index (κ1) is 12.8. The van der Waals surface area contributed by atoms with Crippen LogP contribution >= 0.6 is 0 Å². The Hall–Kier alpha value is -1.24. The minimum atomic E-state index is 1.08. The SMILES string of the molecule is CCCC=CCCCCNc1ccccc1. The molecule has 0 aromatic heterocycles. The molecule has 0 aliphatic rings. The molecule has 0 atom stereocenters. The fourth-order valence-electron chi connectivity index (χ4n) is 1.58. The van der Waals surface area contributed by atoms with Crippen molar-refractivity contribution in [3.8, 4) is 0 Å². The van der Waals surface area contributed by atoms with Crippen molar-refractivity contribution >= 4 is 5.69 Å². The molecule has 1 nitrogen and oxygen atoms in total. The normalized spacial score (nSPS) is 10.8. The van der Waals surface area contributed by atoms with Crippen LogP contribution in [0.2, 0.25) is 0 Å². The van der Waals surface area contributed by atoms with Crippen LogP contribution in [0.15, 0.2) is 42.5 Å². The average molecular weight is 217 g/mol. The summed E-state index contributed by atoms with van der Waals surface area (Å²) in [6.07, 6.45) is 10.8. The van der Waals surface area contributed by atoms with Gasteiger partial charge in [0.15, 0.2) is 0 Å². The Morgan fingerprint density at radius 3 is 2.50 bits per heavy atom. The first-order valence-corrected chi connectivity index (χ1v) is 6.37. The van der Waals surface area contributed by atoms with Gasteiger partial charge in [0.1, 0.15) is 0 Å². The van der Waals surface area contributed by atoms with Gasteiger partial charge in [-0.25, -0.2) is 0 Å². The van der Waals surface area contributed by atoms with Gasteiger partial charge in [-0.3, -0.25) is 0 Å². The Balaban J connectivity index is 1.96. The van der Waals surface area contributed by atoms with Gasteiger partial charge in [0.25, 0.3) is 0 Å². The molecule has 0 radical (unpaired) electrons. The zero-order valence-corrected chi connectivity index (χ0v) is 10.3. The molecule has 0 aliphatic carbocycles. The smallest absolute Gasteiger partial charge is 0.0340 e. The Bertz CT molecular complexity index is 277. The predicted molar refractivity (Wildman–Crippen MR) is 72.8 cm³/mol. The van der Waals surface area contributed by atoms with Crippen LogP contribution in [-0.4, -0.2) is 6.54 Å². The molecule has 0 heterocycles. The number of unbranched alkanes of at least 4 members (excludes halogenated alkanes) is 3. The lowest BCUT2D eigenvalue weighted by molar-refractivity contribution is 0.776. The minimum absolute atomic E-state index is 1.08. The molecule has 0 saturated heterocycles. The molecule has 0 fully saturated rings. The van der Waals surface area contributed by atoms with Gasteiger partial charge in [-0.15, -0.1) is 0 Å². The van der Waals surface area contributed by atoms with Crippen molar-refractivity contribution < 1.29 is 0 Å². The van der Waals surface area contributed by atoms with Crippen LogP contribution in [0.3, 0.4) is 0 Å².